The Labute approximate surface area is 151 Å². The molecule has 26 heavy (non-hydrogen) atoms. The van der Waals surface area contributed by atoms with Crippen molar-refractivity contribution in [1.82, 2.24) is 4.72 Å². The molecule has 0 aliphatic rings. The molecular formula is C20H17NO4S. The minimum atomic E-state index is -3.62. The summed E-state index contributed by atoms with van der Waals surface area (Å²) in [5.74, 6) is 0.706. The highest BCUT2D eigenvalue weighted by molar-refractivity contribution is 7.89. The fourth-order valence-corrected chi connectivity index (χ4v) is 3.86. The molecule has 0 bridgehead atoms. The van der Waals surface area contributed by atoms with Crippen molar-refractivity contribution < 1.29 is 17.6 Å². The number of benzene rings is 3. The predicted molar refractivity (Wildman–Crippen MR) is 101 cm³/mol. The van der Waals surface area contributed by atoms with Gasteiger partial charge in [-0.1, -0.05) is 36.4 Å². The lowest BCUT2D eigenvalue weighted by Gasteiger charge is -2.08. The molecule has 0 unspecified atom stereocenters. The summed E-state index contributed by atoms with van der Waals surface area (Å²) in [4.78, 5) is 0.205. The van der Waals surface area contributed by atoms with E-state index in [4.69, 9.17) is 9.15 Å². The van der Waals surface area contributed by atoms with Crippen LogP contribution in [0.5, 0.6) is 5.75 Å². The number of sulfonamides is 1. The summed E-state index contributed by atoms with van der Waals surface area (Å²) in [6.07, 6.45) is 0. The molecule has 0 amide bonds. The summed E-state index contributed by atoms with van der Waals surface area (Å²) in [7, 11) is -3.62. The summed E-state index contributed by atoms with van der Waals surface area (Å²) in [6, 6.07) is 21.7. The average Bonchev–Trinajstić information content (AvgIpc) is 3.04. The lowest BCUT2D eigenvalue weighted by atomic mass is 10.1. The molecule has 4 aromatic rings. The van der Waals surface area contributed by atoms with Gasteiger partial charge in [-0.2, -0.15) is 0 Å². The van der Waals surface area contributed by atoms with Crippen molar-refractivity contribution in [3.63, 3.8) is 0 Å². The zero-order chi connectivity index (χ0) is 18.0. The maximum absolute atomic E-state index is 12.5. The van der Waals surface area contributed by atoms with E-state index in [-0.39, 0.29) is 18.0 Å². The molecule has 1 N–H and O–H groups in total. The van der Waals surface area contributed by atoms with Crippen LogP contribution in [0.3, 0.4) is 0 Å². The maximum atomic E-state index is 12.5. The van der Waals surface area contributed by atoms with Crippen LogP contribution in [-0.2, 0) is 10.0 Å². The molecule has 0 radical (unpaired) electrons. The number of furan rings is 1. The SMILES string of the molecule is O=S(=O)(NCCOc1ccccc1)c1ccc2oc3ccccc3c2c1. The summed E-state index contributed by atoms with van der Waals surface area (Å²) >= 11 is 0. The molecule has 4 rings (SSSR count). The van der Waals surface area contributed by atoms with E-state index < -0.39 is 10.0 Å². The number of fused-ring (bicyclic) bond motifs is 3. The summed E-state index contributed by atoms with van der Waals surface area (Å²) < 4.78 is 38.9. The summed E-state index contributed by atoms with van der Waals surface area (Å²) in [5, 5.41) is 1.68. The maximum Gasteiger partial charge on any atom is 0.240 e. The van der Waals surface area contributed by atoms with Crippen LogP contribution in [0.25, 0.3) is 21.9 Å². The molecule has 1 heterocycles. The van der Waals surface area contributed by atoms with Gasteiger partial charge in [0.1, 0.15) is 23.5 Å². The first-order chi connectivity index (χ1) is 12.6. The monoisotopic (exact) mass is 367 g/mol. The van der Waals surface area contributed by atoms with E-state index in [0.29, 0.717) is 11.3 Å². The third-order valence-electron chi connectivity index (χ3n) is 4.06. The van der Waals surface area contributed by atoms with E-state index in [1.807, 2.05) is 54.6 Å². The minimum Gasteiger partial charge on any atom is -0.492 e. The van der Waals surface area contributed by atoms with Crippen LogP contribution in [0.1, 0.15) is 0 Å². The summed E-state index contributed by atoms with van der Waals surface area (Å²) in [6.45, 7) is 0.432. The van der Waals surface area contributed by atoms with Gasteiger partial charge in [0.25, 0.3) is 0 Å². The van der Waals surface area contributed by atoms with Crippen LogP contribution in [0.15, 0.2) is 82.1 Å². The highest BCUT2D eigenvalue weighted by atomic mass is 32.2. The van der Waals surface area contributed by atoms with E-state index in [1.54, 1.807) is 18.2 Å². The smallest absolute Gasteiger partial charge is 0.240 e. The van der Waals surface area contributed by atoms with Crippen molar-refractivity contribution >= 4 is 32.0 Å². The Bertz CT molecular complexity index is 1150. The number of hydrogen-bond acceptors (Lipinski definition) is 4. The van der Waals surface area contributed by atoms with Gasteiger partial charge in [0, 0.05) is 17.3 Å². The number of rotatable bonds is 6. The first-order valence-electron chi connectivity index (χ1n) is 8.22. The molecule has 0 saturated heterocycles. The first-order valence-corrected chi connectivity index (χ1v) is 9.71. The fraction of sp³-hybridized carbons (Fsp3) is 0.100. The molecule has 1 aromatic heterocycles. The van der Waals surface area contributed by atoms with E-state index >= 15 is 0 Å². The van der Waals surface area contributed by atoms with E-state index in [2.05, 4.69) is 4.72 Å². The van der Waals surface area contributed by atoms with Gasteiger partial charge in [-0.05, 0) is 36.4 Å². The Hall–Kier alpha value is -2.83. The standard InChI is InChI=1S/C20H17NO4S/c22-26(23,21-12-13-24-15-6-2-1-3-7-15)16-10-11-20-18(14-16)17-8-4-5-9-19(17)25-20/h1-11,14,21H,12-13H2. The van der Waals surface area contributed by atoms with Gasteiger partial charge < -0.3 is 9.15 Å². The number of hydrogen-bond donors (Lipinski definition) is 1. The van der Waals surface area contributed by atoms with Crippen molar-refractivity contribution in [3.8, 4) is 5.75 Å². The van der Waals surface area contributed by atoms with Crippen molar-refractivity contribution in [2.24, 2.45) is 0 Å². The van der Waals surface area contributed by atoms with Crippen LogP contribution >= 0.6 is 0 Å². The minimum absolute atomic E-state index is 0.182. The summed E-state index contributed by atoms with van der Waals surface area (Å²) in [5.41, 5.74) is 1.40. The molecule has 0 spiro atoms. The second kappa shape index (κ2) is 6.82. The largest absolute Gasteiger partial charge is 0.492 e. The molecule has 6 heteroatoms. The van der Waals surface area contributed by atoms with Crippen molar-refractivity contribution in [2.75, 3.05) is 13.2 Å². The number of nitrogens with one attached hydrogen (secondary N) is 1. The van der Waals surface area contributed by atoms with Crippen molar-refractivity contribution in [2.45, 2.75) is 4.90 Å². The fourth-order valence-electron chi connectivity index (χ4n) is 2.82. The van der Waals surface area contributed by atoms with Gasteiger partial charge in [0.15, 0.2) is 0 Å². The lowest BCUT2D eigenvalue weighted by Crippen LogP contribution is -2.28. The third-order valence-corrected chi connectivity index (χ3v) is 5.52. The predicted octanol–water partition coefficient (Wildman–Crippen LogP) is 3.94. The van der Waals surface area contributed by atoms with Gasteiger partial charge in [0.2, 0.25) is 10.0 Å². The highest BCUT2D eigenvalue weighted by Gasteiger charge is 2.16. The second-order valence-corrected chi connectivity index (χ2v) is 7.58. The quantitative estimate of drug-likeness (QED) is 0.524. The van der Waals surface area contributed by atoms with Crippen molar-refractivity contribution in [3.05, 3.63) is 72.8 Å². The number of ether oxygens (including phenoxy) is 1. The van der Waals surface area contributed by atoms with E-state index in [9.17, 15) is 8.42 Å². The molecule has 0 aliphatic heterocycles. The third kappa shape index (κ3) is 3.29. The first kappa shape index (κ1) is 16.6. The number of para-hydroxylation sites is 2. The Kier molecular flexibility index (Phi) is 4.36. The van der Waals surface area contributed by atoms with Crippen molar-refractivity contribution in [1.29, 1.82) is 0 Å². The van der Waals surface area contributed by atoms with Crippen LogP contribution in [0.2, 0.25) is 0 Å². The Morgan fingerprint density at radius 1 is 0.846 bits per heavy atom. The zero-order valence-electron chi connectivity index (χ0n) is 13.9. The van der Waals surface area contributed by atoms with Gasteiger partial charge in [-0.25, -0.2) is 13.1 Å². The van der Waals surface area contributed by atoms with Gasteiger partial charge >= 0.3 is 0 Å². The molecule has 3 aromatic carbocycles. The molecule has 0 atom stereocenters. The van der Waals surface area contributed by atoms with E-state index in [0.717, 1.165) is 16.4 Å². The van der Waals surface area contributed by atoms with Gasteiger partial charge in [-0.3, -0.25) is 0 Å². The Morgan fingerprint density at radius 3 is 2.42 bits per heavy atom. The van der Waals surface area contributed by atoms with Crippen LogP contribution in [0.4, 0.5) is 0 Å². The normalized spacial score (nSPS) is 11.8. The molecular weight excluding hydrogens is 350 g/mol. The van der Waals surface area contributed by atoms with Gasteiger partial charge in [-0.15, -0.1) is 0 Å². The molecule has 0 fully saturated rings. The van der Waals surface area contributed by atoms with Gasteiger partial charge in [0.05, 0.1) is 4.90 Å². The lowest BCUT2D eigenvalue weighted by molar-refractivity contribution is 0.323. The van der Waals surface area contributed by atoms with E-state index in [1.165, 1.54) is 0 Å². The van der Waals surface area contributed by atoms with Crippen LogP contribution in [0, 0.1) is 0 Å². The zero-order valence-corrected chi connectivity index (χ0v) is 14.7. The highest BCUT2D eigenvalue weighted by Crippen LogP contribution is 2.30. The van der Waals surface area contributed by atoms with Crippen LogP contribution in [-0.4, -0.2) is 21.6 Å². The average molecular weight is 367 g/mol. The Balaban J connectivity index is 1.51. The second-order valence-electron chi connectivity index (χ2n) is 5.82. The van der Waals surface area contributed by atoms with Crippen LogP contribution < -0.4 is 9.46 Å². The molecule has 0 aliphatic carbocycles. The molecule has 0 saturated carbocycles. The topological polar surface area (TPSA) is 68.5 Å². The molecule has 132 valence electrons. The molecule has 5 nitrogen and oxygen atoms in total. The Morgan fingerprint density at radius 2 is 1.58 bits per heavy atom.